The standard InChI is InChI=1S/C21H31N3O/c1-5-23(6-2)17-10-11-20-18(13-17)21(25)19(16(4)22-20)14-24-12-8-7-9-15(24)3/h10-11,13,15H,5-9,12,14H2,1-4H3,(H,22,25). The Morgan fingerprint density at radius 2 is 2.00 bits per heavy atom. The van der Waals surface area contributed by atoms with E-state index in [1.165, 1.54) is 19.3 Å². The Bertz CT molecular complexity index is 792. The van der Waals surface area contributed by atoms with Gasteiger partial charge in [-0.1, -0.05) is 6.42 Å². The van der Waals surface area contributed by atoms with E-state index in [9.17, 15) is 4.79 Å². The first-order valence-corrected chi connectivity index (χ1v) is 9.69. The van der Waals surface area contributed by atoms with Crippen LogP contribution in [0.2, 0.25) is 0 Å². The lowest BCUT2D eigenvalue weighted by Crippen LogP contribution is -2.38. The van der Waals surface area contributed by atoms with Gasteiger partial charge >= 0.3 is 0 Å². The normalized spacial score (nSPS) is 18.6. The minimum Gasteiger partial charge on any atom is -0.372 e. The molecule has 0 aliphatic carbocycles. The van der Waals surface area contributed by atoms with Crippen LogP contribution in [0.5, 0.6) is 0 Å². The van der Waals surface area contributed by atoms with Crippen molar-refractivity contribution in [2.75, 3.05) is 24.5 Å². The van der Waals surface area contributed by atoms with Crippen molar-refractivity contribution in [1.82, 2.24) is 9.88 Å². The molecule has 0 radical (unpaired) electrons. The van der Waals surface area contributed by atoms with Crippen LogP contribution in [0, 0.1) is 6.92 Å². The van der Waals surface area contributed by atoms with E-state index in [1.54, 1.807) is 0 Å². The maximum absolute atomic E-state index is 13.2. The molecule has 0 spiro atoms. The Kier molecular flexibility index (Phi) is 5.48. The SMILES string of the molecule is CCN(CC)c1ccc2[nH]c(C)c(CN3CCCCC3C)c(=O)c2c1. The number of aromatic amines is 1. The third-order valence-corrected chi connectivity index (χ3v) is 5.73. The number of fused-ring (bicyclic) bond motifs is 1. The summed E-state index contributed by atoms with van der Waals surface area (Å²) in [5, 5.41) is 0.815. The van der Waals surface area contributed by atoms with Gasteiger partial charge in [-0.3, -0.25) is 9.69 Å². The number of nitrogens with one attached hydrogen (secondary N) is 1. The first-order valence-electron chi connectivity index (χ1n) is 9.69. The molecule has 0 saturated carbocycles. The first kappa shape index (κ1) is 18.0. The predicted octanol–water partition coefficient (Wildman–Crippen LogP) is 4.06. The van der Waals surface area contributed by atoms with Gasteiger partial charge in [-0.25, -0.2) is 0 Å². The molecule has 1 atom stereocenters. The van der Waals surface area contributed by atoms with Gasteiger partial charge in [0.25, 0.3) is 0 Å². The number of rotatable bonds is 5. The monoisotopic (exact) mass is 341 g/mol. The molecule has 4 heteroatoms. The van der Waals surface area contributed by atoms with E-state index < -0.39 is 0 Å². The van der Waals surface area contributed by atoms with E-state index >= 15 is 0 Å². The molecule has 2 aromatic rings. The van der Waals surface area contributed by atoms with E-state index in [0.717, 1.165) is 54.0 Å². The molecule has 3 rings (SSSR count). The quantitative estimate of drug-likeness (QED) is 0.891. The number of hydrogen-bond acceptors (Lipinski definition) is 3. The number of likely N-dealkylation sites (tertiary alicyclic amines) is 1. The smallest absolute Gasteiger partial charge is 0.194 e. The minimum absolute atomic E-state index is 0.193. The first-order chi connectivity index (χ1) is 12.0. The van der Waals surface area contributed by atoms with Crippen LogP contribution in [0.1, 0.15) is 51.3 Å². The summed E-state index contributed by atoms with van der Waals surface area (Å²) in [5.74, 6) is 0. The summed E-state index contributed by atoms with van der Waals surface area (Å²) >= 11 is 0. The average Bonchev–Trinajstić information content (AvgIpc) is 2.61. The lowest BCUT2D eigenvalue weighted by Gasteiger charge is -2.33. The molecule has 1 aliphatic heterocycles. The fourth-order valence-electron chi connectivity index (χ4n) is 4.01. The van der Waals surface area contributed by atoms with Crippen LogP contribution < -0.4 is 10.3 Å². The zero-order chi connectivity index (χ0) is 18.0. The van der Waals surface area contributed by atoms with Crippen LogP contribution in [0.3, 0.4) is 0 Å². The summed E-state index contributed by atoms with van der Waals surface area (Å²) in [5.41, 5.74) is 4.19. The molecule has 4 nitrogen and oxygen atoms in total. The Hall–Kier alpha value is -1.81. The molecule has 1 aromatic carbocycles. The lowest BCUT2D eigenvalue weighted by atomic mass is 10.0. The van der Waals surface area contributed by atoms with Gasteiger partial charge in [-0.05, 0) is 65.3 Å². The van der Waals surface area contributed by atoms with E-state index in [0.29, 0.717) is 6.04 Å². The van der Waals surface area contributed by atoms with Crippen LogP contribution in [-0.4, -0.2) is 35.6 Å². The van der Waals surface area contributed by atoms with Crippen LogP contribution in [0.4, 0.5) is 5.69 Å². The van der Waals surface area contributed by atoms with Crippen molar-refractivity contribution in [3.05, 3.63) is 39.7 Å². The molecule has 1 unspecified atom stereocenters. The third kappa shape index (κ3) is 3.59. The molecule has 136 valence electrons. The molecule has 2 heterocycles. The van der Waals surface area contributed by atoms with Crippen LogP contribution >= 0.6 is 0 Å². The van der Waals surface area contributed by atoms with Crippen molar-refractivity contribution < 1.29 is 0 Å². The third-order valence-electron chi connectivity index (χ3n) is 5.73. The Morgan fingerprint density at radius 3 is 2.68 bits per heavy atom. The highest BCUT2D eigenvalue weighted by Crippen LogP contribution is 2.22. The van der Waals surface area contributed by atoms with Crippen molar-refractivity contribution in [2.24, 2.45) is 0 Å². The average molecular weight is 341 g/mol. The molecule has 1 aromatic heterocycles. The van der Waals surface area contributed by atoms with Crippen molar-refractivity contribution in [3.63, 3.8) is 0 Å². The summed E-state index contributed by atoms with van der Waals surface area (Å²) in [4.78, 5) is 21.4. The lowest BCUT2D eigenvalue weighted by molar-refractivity contribution is 0.152. The second kappa shape index (κ2) is 7.61. The minimum atomic E-state index is 0.193. The number of H-pyrrole nitrogens is 1. The van der Waals surface area contributed by atoms with E-state index in [-0.39, 0.29) is 5.43 Å². The van der Waals surface area contributed by atoms with Gasteiger partial charge in [-0.15, -0.1) is 0 Å². The molecular formula is C21H31N3O. The molecule has 1 fully saturated rings. The van der Waals surface area contributed by atoms with Gasteiger partial charge in [0.05, 0.1) is 0 Å². The highest BCUT2D eigenvalue weighted by atomic mass is 16.1. The van der Waals surface area contributed by atoms with Crippen LogP contribution in [0.15, 0.2) is 23.0 Å². The second-order valence-electron chi connectivity index (χ2n) is 7.28. The van der Waals surface area contributed by atoms with Gasteiger partial charge in [0, 0.05) is 53.5 Å². The second-order valence-corrected chi connectivity index (χ2v) is 7.28. The van der Waals surface area contributed by atoms with E-state index in [4.69, 9.17) is 0 Å². The number of piperidine rings is 1. The number of aryl methyl sites for hydroxylation is 1. The fraction of sp³-hybridized carbons (Fsp3) is 0.571. The maximum Gasteiger partial charge on any atom is 0.194 e. The number of benzene rings is 1. The molecule has 1 saturated heterocycles. The Morgan fingerprint density at radius 1 is 1.24 bits per heavy atom. The van der Waals surface area contributed by atoms with E-state index in [1.807, 2.05) is 13.0 Å². The van der Waals surface area contributed by atoms with Gasteiger partial charge < -0.3 is 9.88 Å². The Balaban J connectivity index is 2.02. The molecule has 0 bridgehead atoms. The van der Waals surface area contributed by atoms with Crippen molar-refractivity contribution in [3.8, 4) is 0 Å². The predicted molar refractivity (Wildman–Crippen MR) is 107 cm³/mol. The van der Waals surface area contributed by atoms with Gasteiger partial charge in [-0.2, -0.15) is 0 Å². The molecule has 1 N–H and O–H groups in total. The van der Waals surface area contributed by atoms with Crippen molar-refractivity contribution >= 4 is 16.6 Å². The Labute approximate surface area is 150 Å². The summed E-state index contributed by atoms with van der Waals surface area (Å²) in [6, 6.07) is 6.77. The number of hydrogen-bond donors (Lipinski definition) is 1. The zero-order valence-electron chi connectivity index (χ0n) is 16.1. The number of pyridine rings is 1. The van der Waals surface area contributed by atoms with Crippen LogP contribution in [-0.2, 0) is 6.54 Å². The summed E-state index contributed by atoms with van der Waals surface area (Å²) < 4.78 is 0. The molecule has 25 heavy (non-hydrogen) atoms. The van der Waals surface area contributed by atoms with Gasteiger partial charge in [0.1, 0.15) is 0 Å². The largest absolute Gasteiger partial charge is 0.372 e. The van der Waals surface area contributed by atoms with Crippen molar-refractivity contribution in [1.29, 1.82) is 0 Å². The van der Waals surface area contributed by atoms with E-state index in [2.05, 4.69) is 47.7 Å². The maximum atomic E-state index is 13.2. The number of anilines is 1. The highest BCUT2D eigenvalue weighted by molar-refractivity contribution is 5.83. The van der Waals surface area contributed by atoms with Crippen molar-refractivity contribution in [2.45, 2.75) is 59.5 Å². The van der Waals surface area contributed by atoms with Gasteiger partial charge in [0.2, 0.25) is 0 Å². The molecular weight excluding hydrogens is 310 g/mol. The topological polar surface area (TPSA) is 39.3 Å². The zero-order valence-corrected chi connectivity index (χ0v) is 16.1. The molecule has 1 aliphatic rings. The fourth-order valence-corrected chi connectivity index (χ4v) is 4.01. The summed E-state index contributed by atoms with van der Waals surface area (Å²) in [6.07, 6.45) is 3.77. The highest BCUT2D eigenvalue weighted by Gasteiger charge is 2.21. The number of aromatic nitrogens is 1. The number of nitrogens with zero attached hydrogens (tertiary/aromatic N) is 2. The van der Waals surface area contributed by atoms with Gasteiger partial charge in [0.15, 0.2) is 5.43 Å². The summed E-state index contributed by atoms with van der Waals surface area (Å²) in [6.45, 7) is 12.4. The summed E-state index contributed by atoms with van der Waals surface area (Å²) in [7, 11) is 0. The van der Waals surface area contributed by atoms with Crippen LogP contribution in [0.25, 0.3) is 10.9 Å². The molecule has 0 amide bonds.